The molecule has 0 saturated carbocycles. The molecule has 0 bridgehead atoms. The van der Waals surface area contributed by atoms with Gasteiger partial charge in [0.05, 0.1) is 6.67 Å². The number of thioether (sulfide) groups is 1. The Bertz CT molecular complexity index is 239. The molecule has 4 heteroatoms. The molecule has 0 radical (unpaired) electrons. The third-order valence-electron chi connectivity index (χ3n) is 2.59. The molecular formula is C15H29FO2S. The highest BCUT2D eigenvalue weighted by atomic mass is 32.2. The van der Waals surface area contributed by atoms with Gasteiger partial charge in [0, 0.05) is 0 Å². The first kappa shape index (κ1) is 18.8. The summed E-state index contributed by atoms with van der Waals surface area (Å²) in [4.78, 5) is 12.1. The molecule has 0 saturated heterocycles. The Morgan fingerprint density at radius 2 is 1.89 bits per heavy atom. The minimum absolute atomic E-state index is 0.0922. The van der Waals surface area contributed by atoms with Gasteiger partial charge in [-0.3, -0.25) is 9.18 Å². The van der Waals surface area contributed by atoms with Crippen molar-refractivity contribution in [3.8, 4) is 0 Å². The lowest BCUT2D eigenvalue weighted by molar-refractivity contribution is -0.154. The first-order valence-corrected chi connectivity index (χ1v) is 8.36. The third-order valence-corrected chi connectivity index (χ3v) is 3.94. The predicted molar refractivity (Wildman–Crippen MR) is 81.4 cm³/mol. The molecule has 0 spiro atoms. The van der Waals surface area contributed by atoms with Gasteiger partial charge < -0.3 is 4.74 Å². The standard InChI is InChI=1S/C15H29FO2S/c1-5-6-7-10-13(19-12-9-8-11-16)14(17)18-15(2,3)4/h13H,5-12H2,1-4H3. The van der Waals surface area contributed by atoms with Crippen LogP contribution in [0.15, 0.2) is 0 Å². The summed E-state index contributed by atoms with van der Waals surface area (Å²) in [7, 11) is 0. The number of hydrogen-bond acceptors (Lipinski definition) is 3. The minimum atomic E-state index is -0.431. The van der Waals surface area contributed by atoms with E-state index in [9.17, 15) is 9.18 Å². The molecule has 0 aromatic heterocycles. The van der Waals surface area contributed by atoms with Crippen LogP contribution in [-0.2, 0) is 9.53 Å². The second kappa shape index (κ2) is 10.5. The lowest BCUT2D eigenvalue weighted by Gasteiger charge is -2.23. The Morgan fingerprint density at radius 1 is 1.21 bits per heavy atom. The summed E-state index contributed by atoms with van der Waals surface area (Å²) in [6.45, 7) is 7.55. The summed E-state index contributed by atoms with van der Waals surface area (Å²) in [6, 6.07) is 0. The van der Waals surface area contributed by atoms with Crippen LogP contribution in [0.5, 0.6) is 0 Å². The fraction of sp³-hybridized carbons (Fsp3) is 0.933. The predicted octanol–water partition coefficient (Wildman–Crippen LogP) is 4.76. The maximum absolute atomic E-state index is 12.1. The van der Waals surface area contributed by atoms with Crippen molar-refractivity contribution in [2.75, 3.05) is 12.4 Å². The van der Waals surface area contributed by atoms with E-state index in [0.29, 0.717) is 6.42 Å². The first-order chi connectivity index (χ1) is 8.90. The van der Waals surface area contributed by atoms with E-state index in [2.05, 4.69) is 6.92 Å². The van der Waals surface area contributed by atoms with E-state index in [1.165, 1.54) is 0 Å². The zero-order valence-corrected chi connectivity index (χ0v) is 13.7. The van der Waals surface area contributed by atoms with Crippen molar-refractivity contribution >= 4 is 17.7 Å². The molecule has 0 fully saturated rings. The number of rotatable bonds is 10. The third kappa shape index (κ3) is 11.3. The smallest absolute Gasteiger partial charge is 0.319 e. The van der Waals surface area contributed by atoms with Gasteiger partial charge >= 0.3 is 5.97 Å². The number of hydrogen-bond donors (Lipinski definition) is 0. The largest absolute Gasteiger partial charge is 0.459 e. The Morgan fingerprint density at radius 3 is 2.42 bits per heavy atom. The van der Waals surface area contributed by atoms with Crippen LogP contribution >= 0.6 is 11.8 Å². The van der Waals surface area contributed by atoms with Crippen molar-refractivity contribution in [2.45, 2.75) is 77.1 Å². The summed E-state index contributed by atoms with van der Waals surface area (Å²) < 4.78 is 17.5. The van der Waals surface area contributed by atoms with Crippen LogP contribution in [-0.4, -0.2) is 29.2 Å². The molecule has 0 amide bonds. The number of halogens is 1. The fourth-order valence-electron chi connectivity index (χ4n) is 1.64. The molecule has 0 aliphatic rings. The van der Waals surface area contributed by atoms with Crippen molar-refractivity contribution in [2.24, 2.45) is 0 Å². The van der Waals surface area contributed by atoms with E-state index >= 15 is 0 Å². The molecule has 114 valence electrons. The number of ether oxygens (including phenoxy) is 1. The Balaban J connectivity index is 4.18. The average Bonchev–Trinajstić information content (AvgIpc) is 2.30. The van der Waals surface area contributed by atoms with Gasteiger partial charge in [-0.05, 0) is 45.8 Å². The molecule has 0 aromatic carbocycles. The summed E-state index contributed by atoms with van der Waals surface area (Å²) in [5.74, 6) is 0.716. The molecule has 1 unspecified atom stereocenters. The van der Waals surface area contributed by atoms with Gasteiger partial charge in [0.2, 0.25) is 0 Å². The SMILES string of the molecule is CCCCCC(SCCCCF)C(=O)OC(C)(C)C. The lowest BCUT2D eigenvalue weighted by atomic mass is 10.1. The van der Waals surface area contributed by atoms with E-state index in [4.69, 9.17) is 4.74 Å². The zero-order valence-electron chi connectivity index (χ0n) is 12.8. The molecule has 19 heavy (non-hydrogen) atoms. The number of unbranched alkanes of at least 4 members (excludes halogenated alkanes) is 3. The highest BCUT2D eigenvalue weighted by Gasteiger charge is 2.24. The highest BCUT2D eigenvalue weighted by Crippen LogP contribution is 2.23. The van der Waals surface area contributed by atoms with Crippen molar-refractivity contribution in [3.63, 3.8) is 0 Å². The van der Waals surface area contributed by atoms with Crippen LogP contribution in [0.1, 0.15) is 66.2 Å². The zero-order chi connectivity index (χ0) is 14.7. The first-order valence-electron chi connectivity index (χ1n) is 7.31. The molecule has 0 aromatic rings. The highest BCUT2D eigenvalue weighted by molar-refractivity contribution is 8.00. The Labute approximate surface area is 121 Å². The van der Waals surface area contributed by atoms with Crippen molar-refractivity contribution in [3.05, 3.63) is 0 Å². The van der Waals surface area contributed by atoms with E-state index < -0.39 is 5.60 Å². The van der Waals surface area contributed by atoms with Crippen LogP contribution in [0.25, 0.3) is 0 Å². The molecule has 1 atom stereocenters. The monoisotopic (exact) mass is 292 g/mol. The van der Waals surface area contributed by atoms with Gasteiger partial charge in [-0.2, -0.15) is 0 Å². The average molecular weight is 292 g/mol. The molecule has 0 N–H and O–H groups in total. The number of esters is 1. The van der Waals surface area contributed by atoms with Crippen molar-refractivity contribution < 1.29 is 13.9 Å². The van der Waals surface area contributed by atoms with Gasteiger partial charge in [0.15, 0.2) is 0 Å². The van der Waals surface area contributed by atoms with Gasteiger partial charge in [0.25, 0.3) is 0 Å². The fourth-order valence-corrected chi connectivity index (χ4v) is 2.81. The molecule has 0 heterocycles. The molecule has 0 aliphatic carbocycles. The van der Waals surface area contributed by atoms with Gasteiger partial charge in [-0.15, -0.1) is 11.8 Å². The van der Waals surface area contributed by atoms with Gasteiger partial charge in [0.1, 0.15) is 10.9 Å². The summed E-state index contributed by atoms with van der Waals surface area (Å²) >= 11 is 1.62. The maximum Gasteiger partial charge on any atom is 0.319 e. The van der Waals surface area contributed by atoms with Crippen LogP contribution in [0.4, 0.5) is 4.39 Å². The van der Waals surface area contributed by atoms with E-state index in [0.717, 1.165) is 37.9 Å². The van der Waals surface area contributed by atoms with Gasteiger partial charge in [-0.1, -0.05) is 26.2 Å². The Kier molecular flexibility index (Phi) is 10.4. The summed E-state index contributed by atoms with van der Waals surface area (Å²) in [5.41, 5.74) is -0.431. The van der Waals surface area contributed by atoms with Crippen molar-refractivity contribution in [1.82, 2.24) is 0 Å². The topological polar surface area (TPSA) is 26.3 Å². The second-order valence-corrected chi connectivity index (χ2v) is 7.10. The van der Waals surface area contributed by atoms with E-state index in [-0.39, 0.29) is 17.9 Å². The van der Waals surface area contributed by atoms with Crippen LogP contribution < -0.4 is 0 Å². The minimum Gasteiger partial charge on any atom is -0.459 e. The maximum atomic E-state index is 12.1. The normalized spacial score (nSPS) is 13.3. The van der Waals surface area contributed by atoms with E-state index in [1.54, 1.807) is 11.8 Å². The summed E-state index contributed by atoms with van der Waals surface area (Å²) in [5, 5.41) is -0.0922. The van der Waals surface area contributed by atoms with Crippen LogP contribution in [0.3, 0.4) is 0 Å². The number of carbonyl (C=O) groups excluding carboxylic acids is 1. The second-order valence-electron chi connectivity index (χ2n) is 5.78. The molecule has 0 rings (SSSR count). The van der Waals surface area contributed by atoms with E-state index in [1.807, 2.05) is 20.8 Å². The Hall–Kier alpha value is -0.250. The van der Waals surface area contributed by atoms with Crippen molar-refractivity contribution in [1.29, 1.82) is 0 Å². The lowest BCUT2D eigenvalue weighted by Crippen LogP contribution is -2.30. The molecule has 0 aliphatic heterocycles. The molecular weight excluding hydrogens is 263 g/mol. The quantitative estimate of drug-likeness (QED) is 0.429. The number of alkyl halides is 1. The number of carbonyl (C=O) groups is 1. The van der Waals surface area contributed by atoms with Crippen LogP contribution in [0, 0.1) is 0 Å². The van der Waals surface area contributed by atoms with Crippen LogP contribution in [0.2, 0.25) is 0 Å². The molecule has 2 nitrogen and oxygen atoms in total. The van der Waals surface area contributed by atoms with Gasteiger partial charge in [-0.25, -0.2) is 0 Å². The summed E-state index contributed by atoms with van der Waals surface area (Å²) in [6.07, 6.45) is 5.62.